The van der Waals surface area contributed by atoms with E-state index < -0.39 is 16.3 Å². The number of rotatable bonds is 8. The molecule has 0 aliphatic carbocycles. The molecule has 0 amide bonds. The number of ether oxygens (including phenoxy) is 4. The first-order chi connectivity index (χ1) is 16.4. The second-order valence-electron chi connectivity index (χ2n) is 7.13. The number of benzene rings is 1. The van der Waals surface area contributed by atoms with Crippen molar-refractivity contribution in [1.29, 1.82) is 0 Å². The van der Waals surface area contributed by atoms with Gasteiger partial charge in [-0.05, 0) is 24.3 Å². The molecule has 1 aliphatic heterocycles. The van der Waals surface area contributed by atoms with Crippen molar-refractivity contribution in [2.24, 2.45) is 4.40 Å². The minimum absolute atomic E-state index is 0.00904. The molecule has 1 fully saturated rings. The number of nitrogens with zero attached hydrogens (tertiary/aromatic N) is 5. The smallest absolute Gasteiger partial charge is 0.332 e. The van der Waals surface area contributed by atoms with Crippen LogP contribution in [0.3, 0.4) is 0 Å². The van der Waals surface area contributed by atoms with Gasteiger partial charge in [-0.25, -0.2) is 14.8 Å². The van der Waals surface area contributed by atoms with Gasteiger partial charge in [0.15, 0.2) is 17.0 Å². The third-order valence-corrected chi connectivity index (χ3v) is 6.38. The molecule has 0 saturated carbocycles. The van der Waals surface area contributed by atoms with Gasteiger partial charge in [0.2, 0.25) is 5.88 Å². The lowest BCUT2D eigenvalue weighted by molar-refractivity contribution is -0.0254. The van der Waals surface area contributed by atoms with Gasteiger partial charge in [0.05, 0.1) is 32.0 Å². The Hall–Kier alpha value is -3.64. The highest BCUT2D eigenvalue weighted by Gasteiger charge is 2.30. The van der Waals surface area contributed by atoms with E-state index in [9.17, 15) is 13.2 Å². The minimum Gasteiger partial charge on any atom is -0.493 e. The van der Waals surface area contributed by atoms with E-state index in [-0.39, 0.29) is 32.2 Å². The standard InChI is InChI=1S/C21H21N5O7S/c1-30-18-4-3-14(9-19(18)31-2)16-10-17-20(23-6-5-22-17)21(25-16)33-12-15-11-26(7-8-32-15)34(28,29)24-13-27/h3-6,9-10,15H,7-8,11-12H2,1-2H3. The lowest BCUT2D eigenvalue weighted by Crippen LogP contribution is -2.46. The van der Waals surface area contributed by atoms with Crippen LogP contribution in [0.5, 0.6) is 17.4 Å². The highest BCUT2D eigenvalue weighted by atomic mass is 32.2. The SMILES string of the molecule is COc1ccc(-c2cc3nccnc3c(OCC3CN(S(=O)(=O)N=C=O)CCO3)n2)cc1OC. The minimum atomic E-state index is -4.10. The second kappa shape index (κ2) is 10.1. The first-order valence-corrected chi connectivity index (χ1v) is 11.5. The number of hydrogen-bond acceptors (Lipinski definition) is 10. The summed E-state index contributed by atoms with van der Waals surface area (Å²) in [5.74, 6) is 1.33. The Morgan fingerprint density at radius 3 is 2.74 bits per heavy atom. The number of morpholine rings is 1. The molecule has 1 unspecified atom stereocenters. The summed E-state index contributed by atoms with van der Waals surface area (Å²) in [6.45, 7) is 0.157. The van der Waals surface area contributed by atoms with Crippen molar-refractivity contribution >= 4 is 27.3 Å². The summed E-state index contributed by atoms with van der Waals surface area (Å²) in [5, 5.41) is 0. The van der Waals surface area contributed by atoms with E-state index in [2.05, 4.69) is 19.3 Å². The molecule has 1 saturated heterocycles. The van der Waals surface area contributed by atoms with Gasteiger partial charge >= 0.3 is 10.2 Å². The number of hydrogen-bond donors (Lipinski definition) is 0. The summed E-state index contributed by atoms with van der Waals surface area (Å²) < 4.78 is 50.2. The number of methoxy groups -OCH3 is 2. The van der Waals surface area contributed by atoms with E-state index >= 15 is 0 Å². The van der Waals surface area contributed by atoms with Gasteiger partial charge in [0.25, 0.3) is 6.08 Å². The van der Waals surface area contributed by atoms with Crippen molar-refractivity contribution in [3.63, 3.8) is 0 Å². The van der Waals surface area contributed by atoms with Crippen LogP contribution in [-0.2, 0) is 19.7 Å². The molecule has 34 heavy (non-hydrogen) atoms. The number of isocyanates is 1. The molecule has 3 aromatic rings. The van der Waals surface area contributed by atoms with Crippen molar-refractivity contribution in [3.8, 4) is 28.6 Å². The molecule has 178 valence electrons. The molecule has 0 spiro atoms. The third-order valence-electron chi connectivity index (χ3n) is 5.09. The molecule has 13 heteroatoms. The van der Waals surface area contributed by atoms with Crippen molar-refractivity contribution in [3.05, 3.63) is 36.7 Å². The highest BCUT2D eigenvalue weighted by Crippen LogP contribution is 2.33. The van der Waals surface area contributed by atoms with Crippen molar-refractivity contribution < 1.29 is 32.2 Å². The topological polar surface area (TPSA) is 142 Å². The average molecular weight is 487 g/mol. The Morgan fingerprint density at radius 2 is 1.97 bits per heavy atom. The number of fused-ring (bicyclic) bond motifs is 1. The summed E-state index contributed by atoms with van der Waals surface area (Å²) in [6, 6.07) is 7.16. The summed E-state index contributed by atoms with van der Waals surface area (Å²) >= 11 is 0. The molecule has 1 aliphatic rings. The third kappa shape index (κ3) is 4.97. The second-order valence-corrected chi connectivity index (χ2v) is 8.72. The van der Waals surface area contributed by atoms with Crippen molar-refractivity contribution in [2.75, 3.05) is 40.5 Å². The maximum atomic E-state index is 12.0. The highest BCUT2D eigenvalue weighted by molar-refractivity contribution is 7.87. The Labute approximate surface area is 195 Å². The predicted molar refractivity (Wildman–Crippen MR) is 120 cm³/mol. The van der Waals surface area contributed by atoms with Crippen molar-refractivity contribution in [1.82, 2.24) is 19.3 Å². The van der Waals surface area contributed by atoms with Gasteiger partial charge in [-0.1, -0.05) is 4.40 Å². The molecule has 4 rings (SSSR count). The fourth-order valence-corrected chi connectivity index (χ4v) is 4.34. The summed E-state index contributed by atoms with van der Waals surface area (Å²) in [6.07, 6.45) is 3.54. The van der Waals surface area contributed by atoms with E-state index in [1.54, 1.807) is 38.6 Å². The molecular formula is C21H21N5O7S. The fraction of sp³-hybridized carbons (Fsp3) is 0.333. The van der Waals surface area contributed by atoms with Crippen LogP contribution in [-0.4, -0.2) is 80.4 Å². The first-order valence-electron chi connectivity index (χ1n) is 10.1. The molecule has 0 bridgehead atoms. The maximum Gasteiger partial charge on any atom is 0.332 e. The van der Waals surface area contributed by atoms with Crippen molar-refractivity contribution in [2.45, 2.75) is 6.10 Å². The number of carbonyl (C=O) groups excluding carboxylic acids is 1. The van der Waals surface area contributed by atoms with E-state index in [1.807, 2.05) is 6.07 Å². The number of pyridine rings is 1. The summed E-state index contributed by atoms with van der Waals surface area (Å²) in [7, 11) is -1.00. The molecule has 0 N–H and O–H groups in total. The molecule has 1 atom stereocenters. The zero-order chi connectivity index (χ0) is 24.1. The quantitative estimate of drug-likeness (QED) is 0.338. The fourth-order valence-electron chi connectivity index (χ4n) is 3.47. The van der Waals surface area contributed by atoms with Gasteiger partial charge in [0, 0.05) is 31.0 Å². The van der Waals surface area contributed by atoms with E-state index in [0.29, 0.717) is 28.2 Å². The van der Waals surface area contributed by atoms with Gasteiger partial charge in [-0.2, -0.15) is 12.7 Å². The van der Waals surface area contributed by atoms with Gasteiger partial charge in [0.1, 0.15) is 12.7 Å². The van der Waals surface area contributed by atoms with Crippen LogP contribution < -0.4 is 14.2 Å². The molecule has 2 aromatic heterocycles. The number of aromatic nitrogens is 3. The van der Waals surface area contributed by atoms with Gasteiger partial charge in [-0.15, -0.1) is 0 Å². The van der Waals surface area contributed by atoms with Crippen LogP contribution in [0, 0.1) is 0 Å². The predicted octanol–water partition coefficient (Wildman–Crippen LogP) is 1.37. The van der Waals surface area contributed by atoms with E-state index in [1.165, 1.54) is 6.20 Å². The van der Waals surface area contributed by atoms with Crippen LogP contribution in [0.2, 0.25) is 0 Å². The summed E-state index contributed by atoms with van der Waals surface area (Å²) in [5.41, 5.74) is 2.31. The lowest BCUT2D eigenvalue weighted by atomic mass is 10.1. The normalized spacial score (nSPS) is 16.6. The Balaban J connectivity index is 1.61. The molecule has 12 nitrogen and oxygen atoms in total. The lowest BCUT2D eigenvalue weighted by Gasteiger charge is -2.30. The largest absolute Gasteiger partial charge is 0.493 e. The van der Waals surface area contributed by atoms with Crippen LogP contribution in [0.25, 0.3) is 22.3 Å². The first kappa shape index (κ1) is 23.5. The van der Waals surface area contributed by atoms with Crippen LogP contribution in [0.1, 0.15) is 0 Å². The zero-order valence-electron chi connectivity index (χ0n) is 18.4. The maximum absolute atomic E-state index is 12.0. The van der Waals surface area contributed by atoms with E-state index in [4.69, 9.17) is 18.9 Å². The molecule has 3 heterocycles. The zero-order valence-corrected chi connectivity index (χ0v) is 19.2. The van der Waals surface area contributed by atoms with Crippen LogP contribution in [0.4, 0.5) is 0 Å². The van der Waals surface area contributed by atoms with E-state index in [0.717, 1.165) is 15.9 Å². The van der Waals surface area contributed by atoms with Gasteiger partial charge < -0.3 is 18.9 Å². The van der Waals surface area contributed by atoms with Crippen LogP contribution in [0.15, 0.2) is 41.1 Å². The average Bonchev–Trinajstić information content (AvgIpc) is 2.86. The Morgan fingerprint density at radius 1 is 1.18 bits per heavy atom. The molecule has 0 radical (unpaired) electrons. The Bertz CT molecular complexity index is 1340. The van der Waals surface area contributed by atoms with Crippen LogP contribution >= 0.6 is 0 Å². The van der Waals surface area contributed by atoms with Gasteiger partial charge in [-0.3, -0.25) is 4.98 Å². The summed E-state index contributed by atoms with van der Waals surface area (Å²) in [4.78, 5) is 23.7. The Kier molecular flexibility index (Phi) is 6.98. The monoisotopic (exact) mass is 487 g/mol. The molecular weight excluding hydrogens is 466 g/mol. The molecule has 1 aromatic carbocycles.